The lowest BCUT2D eigenvalue weighted by molar-refractivity contribution is -0.140. The van der Waals surface area contributed by atoms with Gasteiger partial charge in [0.2, 0.25) is 0 Å². The highest BCUT2D eigenvalue weighted by Gasteiger charge is 2.37. The Morgan fingerprint density at radius 1 is 1.60 bits per heavy atom. The summed E-state index contributed by atoms with van der Waals surface area (Å²) in [6.07, 6.45) is 2.96. The number of hydrogen-bond acceptors (Lipinski definition) is 3. The van der Waals surface area contributed by atoms with Crippen molar-refractivity contribution in [3.8, 4) is 0 Å². The minimum absolute atomic E-state index is 0.195. The van der Waals surface area contributed by atoms with Crippen LogP contribution in [0.5, 0.6) is 0 Å². The Morgan fingerprint density at radius 3 is 2.87 bits per heavy atom. The molecule has 88 valence electrons. The quantitative estimate of drug-likeness (QED) is 0.727. The summed E-state index contributed by atoms with van der Waals surface area (Å²) >= 11 is 0. The molecule has 1 saturated heterocycles. The van der Waals surface area contributed by atoms with Crippen molar-refractivity contribution < 1.29 is 14.6 Å². The minimum atomic E-state index is -0.729. The predicted octanol–water partition coefficient (Wildman–Crippen LogP) is 1.40. The van der Waals surface area contributed by atoms with Crippen molar-refractivity contribution in [3.05, 3.63) is 0 Å². The van der Waals surface area contributed by atoms with E-state index in [9.17, 15) is 4.79 Å². The molecule has 2 unspecified atom stereocenters. The molecule has 1 heterocycles. The molecule has 0 radical (unpaired) electrons. The van der Waals surface area contributed by atoms with Crippen LogP contribution in [0.2, 0.25) is 0 Å². The van der Waals surface area contributed by atoms with E-state index in [0.717, 1.165) is 25.8 Å². The number of nitrogens with one attached hydrogen (secondary N) is 1. The number of carboxylic acids is 1. The van der Waals surface area contributed by atoms with Gasteiger partial charge in [-0.3, -0.25) is 4.79 Å². The summed E-state index contributed by atoms with van der Waals surface area (Å²) in [6.45, 7) is 5.57. The Bertz CT molecular complexity index is 216. The zero-order valence-corrected chi connectivity index (χ0v) is 9.58. The van der Waals surface area contributed by atoms with E-state index in [1.807, 2.05) is 6.92 Å². The molecule has 1 fully saturated rings. The third kappa shape index (κ3) is 3.47. The highest BCUT2D eigenvalue weighted by atomic mass is 16.5. The van der Waals surface area contributed by atoms with E-state index in [0.29, 0.717) is 6.61 Å². The minimum Gasteiger partial charge on any atom is -0.481 e. The zero-order valence-electron chi connectivity index (χ0n) is 9.58. The number of hydrogen-bond donors (Lipinski definition) is 2. The van der Waals surface area contributed by atoms with Crippen LogP contribution < -0.4 is 5.32 Å². The summed E-state index contributed by atoms with van der Waals surface area (Å²) in [6, 6.07) is 0. The van der Waals surface area contributed by atoms with Crippen molar-refractivity contribution >= 4 is 5.97 Å². The first-order chi connectivity index (χ1) is 7.12. The van der Waals surface area contributed by atoms with E-state index in [2.05, 4.69) is 12.2 Å². The first-order valence-corrected chi connectivity index (χ1v) is 5.70. The second kappa shape index (κ2) is 5.47. The number of carboxylic acid groups (broad SMARTS) is 1. The average molecular weight is 215 g/mol. The van der Waals surface area contributed by atoms with Crippen LogP contribution in [0.4, 0.5) is 0 Å². The molecule has 15 heavy (non-hydrogen) atoms. The summed E-state index contributed by atoms with van der Waals surface area (Å²) < 4.78 is 5.58. The Labute approximate surface area is 91.0 Å². The van der Waals surface area contributed by atoms with E-state index in [4.69, 9.17) is 9.84 Å². The van der Waals surface area contributed by atoms with Gasteiger partial charge in [-0.25, -0.2) is 0 Å². The molecule has 0 aliphatic carbocycles. The van der Waals surface area contributed by atoms with Gasteiger partial charge in [0, 0.05) is 12.1 Å². The molecule has 0 aromatic rings. The molecule has 0 aromatic carbocycles. The van der Waals surface area contributed by atoms with Gasteiger partial charge in [-0.05, 0) is 25.8 Å². The number of carbonyl (C=O) groups is 1. The molecule has 1 aliphatic rings. The van der Waals surface area contributed by atoms with Crippen LogP contribution in [-0.4, -0.2) is 35.9 Å². The van der Waals surface area contributed by atoms with Gasteiger partial charge in [0.1, 0.15) is 0 Å². The van der Waals surface area contributed by atoms with Crippen molar-refractivity contribution in [2.45, 2.75) is 51.2 Å². The summed E-state index contributed by atoms with van der Waals surface area (Å²) in [4.78, 5) is 10.9. The lowest BCUT2D eigenvalue weighted by Gasteiger charge is -2.40. The molecule has 1 rings (SSSR count). The maximum absolute atomic E-state index is 10.9. The number of rotatable bonds is 5. The molecule has 2 atom stereocenters. The van der Waals surface area contributed by atoms with E-state index in [1.54, 1.807) is 0 Å². The third-order valence-electron chi connectivity index (χ3n) is 3.05. The van der Waals surface area contributed by atoms with E-state index >= 15 is 0 Å². The fourth-order valence-corrected chi connectivity index (χ4v) is 2.33. The molecule has 0 amide bonds. The van der Waals surface area contributed by atoms with Crippen molar-refractivity contribution in [3.63, 3.8) is 0 Å². The molecule has 0 aromatic heterocycles. The molecule has 0 spiro atoms. The number of aliphatic carboxylic acids is 1. The number of ether oxygens (including phenoxy) is 1. The molecule has 1 aliphatic heterocycles. The Morgan fingerprint density at radius 2 is 2.33 bits per heavy atom. The Hall–Kier alpha value is -0.610. The summed E-state index contributed by atoms with van der Waals surface area (Å²) in [5.41, 5.74) is -0.250. The van der Waals surface area contributed by atoms with Crippen LogP contribution in [0, 0.1) is 0 Å². The molecule has 4 heteroatoms. The van der Waals surface area contributed by atoms with Crippen LogP contribution in [0.15, 0.2) is 0 Å². The van der Waals surface area contributed by atoms with Gasteiger partial charge in [-0.2, -0.15) is 0 Å². The first kappa shape index (κ1) is 12.5. The fraction of sp³-hybridized carbons (Fsp3) is 0.909. The van der Waals surface area contributed by atoms with Gasteiger partial charge >= 0.3 is 5.97 Å². The molecule has 4 nitrogen and oxygen atoms in total. The highest BCUT2D eigenvalue weighted by Crippen LogP contribution is 2.29. The molecule has 0 bridgehead atoms. The molecular weight excluding hydrogens is 194 g/mol. The van der Waals surface area contributed by atoms with Crippen LogP contribution in [0.3, 0.4) is 0 Å². The lowest BCUT2D eigenvalue weighted by Crippen LogP contribution is -2.52. The standard InChI is InChI=1S/C11H21NO3/c1-3-9-7-11(12-4-2,5-6-15-9)8-10(13)14/h9,12H,3-8H2,1-2H3,(H,13,14). The summed E-state index contributed by atoms with van der Waals surface area (Å²) in [5, 5.41) is 12.3. The topological polar surface area (TPSA) is 58.6 Å². The van der Waals surface area contributed by atoms with Gasteiger partial charge in [-0.15, -0.1) is 0 Å². The Kier molecular flexibility index (Phi) is 4.54. The maximum atomic E-state index is 10.9. The van der Waals surface area contributed by atoms with Crippen LogP contribution in [0.1, 0.15) is 39.5 Å². The first-order valence-electron chi connectivity index (χ1n) is 5.70. The lowest BCUT2D eigenvalue weighted by atomic mass is 9.83. The van der Waals surface area contributed by atoms with Gasteiger partial charge in [0.05, 0.1) is 12.5 Å². The van der Waals surface area contributed by atoms with Crippen LogP contribution in [0.25, 0.3) is 0 Å². The maximum Gasteiger partial charge on any atom is 0.305 e. The van der Waals surface area contributed by atoms with Crippen molar-refractivity contribution in [1.82, 2.24) is 5.32 Å². The largest absolute Gasteiger partial charge is 0.481 e. The van der Waals surface area contributed by atoms with Gasteiger partial charge in [0.25, 0.3) is 0 Å². The summed E-state index contributed by atoms with van der Waals surface area (Å²) in [7, 11) is 0. The highest BCUT2D eigenvalue weighted by molar-refractivity contribution is 5.68. The van der Waals surface area contributed by atoms with Crippen molar-refractivity contribution in [2.24, 2.45) is 0 Å². The van der Waals surface area contributed by atoms with Crippen molar-refractivity contribution in [1.29, 1.82) is 0 Å². The average Bonchev–Trinajstić information content (AvgIpc) is 2.17. The monoisotopic (exact) mass is 215 g/mol. The third-order valence-corrected chi connectivity index (χ3v) is 3.05. The smallest absolute Gasteiger partial charge is 0.305 e. The normalized spacial score (nSPS) is 31.5. The molecule has 2 N–H and O–H groups in total. The van der Waals surface area contributed by atoms with Gasteiger partial charge in [-0.1, -0.05) is 13.8 Å². The van der Waals surface area contributed by atoms with Crippen LogP contribution in [-0.2, 0) is 9.53 Å². The summed E-state index contributed by atoms with van der Waals surface area (Å²) in [5.74, 6) is -0.729. The SMILES string of the molecule is CCNC1(CC(=O)O)CCOC(CC)C1. The second-order valence-electron chi connectivity index (χ2n) is 4.24. The van der Waals surface area contributed by atoms with E-state index < -0.39 is 5.97 Å². The Balaban J connectivity index is 2.65. The molecule has 0 saturated carbocycles. The predicted molar refractivity (Wildman–Crippen MR) is 57.9 cm³/mol. The fourth-order valence-electron chi connectivity index (χ4n) is 2.33. The van der Waals surface area contributed by atoms with Gasteiger partial charge < -0.3 is 15.2 Å². The van der Waals surface area contributed by atoms with Crippen LogP contribution >= 0.6 is 0 Å². The zero-order chi connectivity index (χ0) is 11.3. The van der Waals surface area contributed by atoms with Crippen molar-refractivity contribution in [2.75, 3.05) is 13.2 Å². The van der Waals surface area contributed by atoms with E-state index in [-0.39, 0.29) is 18.1 Å². The van der Waals surface area contributed by atoms with E-state index in [1.165, 1.54) is 0 Å². The molecular formula is C11H21NO3. The van der Waals surface area contributed by atoms with Gasteiger partial charge in [0.15, 0.2) is 0 Å². The second-order valence-corrected chi connectivity index (χ2v) is 4.24.